The fourth-order valence-corrected chi connectivity index (χ4v) is 4.56. The zero-order valence-corrected chi connectivity index (χ0v) is 15.3. The molecule has 25 heavy (non-hydrogen) atoms. The predicted octanol–water partition coefficient (Wildman–Crippen LogP) is 4.11. The molecule has 0 saturated carbocycles. The summed E-state index contributed by atoms with van der Waals surface area (Å²) < 4.78 is 30.7. The lowest BCUT2D eigenvalue weighted by Crippen LogP contribution is -2.51. The largest absolute Gasteiger partial charge is 0.469 e. The number of carbonyl (C=O) groups excluding carboxylic acids is 1. The molecule has 3 rings (SSSR count). The minimum Gasteiger partial charge on any atom is -0.469 e. The maximum Gasteiger partial charge on any atom is 0.310 e. The van der Waals surface area contributed by atoms with Gasteiger partial charge in [0.1, 0.15) is 5.82 Å². The number of carbonyl (C=O) groups is 1. The molecule has 2 bridgehead atoms. The van der Waals surface area contributed by atoms with Crippen LogP contribution in [0.25, 0.3) is 0 Å². The number of piperidine rings is 1. The van der Waals surface area contributed by atoms with Gasteiger partial charge in [-0.2, -0.15) is 0 Å². The normalized spacial score (nSPS) is 28.4. The summed E-state index contributed by atoms with van der Waals surface area (Å²) in [5.74, 6) is -0.622. The van der Waals surface area contributed by atoms with Crippen molar-refractivity contribution >= 4 is 18.4 Å². The Morgan fingerprint density at radius 3 is 2.60 bits per heavy atom. The van der Waals surface area contributed by atoms with Gasteiger partial charge in [0.05, 0.1) is 19.7 Å². The van der Waals surface area contributed by atoms with Crippen LogP contribution in [0, 0.1) is 11.7 Å². The predicted molar refractivity (Wildman–Crippen MR) is 95.2 cm³/mol. The molecular formula is C19H26ClF2NO2. The highest BCUT2D eigenvalue weighted by Gasteiger charge is 2.50. The number of ether oxygens (including phenoxy) is 1. The average Bonchev–Trinajstić information content (AvgIpc) is 2.87. The molecule has 2 saturated heterocycles. The molecule has 0 unspecified atom stereocenters. The van der Waals surface area contributed by atoms with Gasteiger partial charge in [0.25, 0.3) is 0 Å². The Morgan fingerprint density at radius 1 is 1.24 bits per heavy atom. The highest BCUT2D eigenvalue weighted by molar-refractivity contribution is 5.85. The molecule has 0 amide bonds. The maximum absolute atomic E-state index is 13.2. The van der Waals surface area contributed by atoms with Gasteiger partial charge in [-0.15, -0.1) is 12.4 Å². The number of halogens is 3. The van der Waals surface area contributed by atoms with Crippen LogP contribution in [0.2, 0.25) is 0 Å². The Balaban J connectivity index is 0.00000225. The first-order valence-electron chi connectivity index (χ1n) is 8.80. The lowest BCUT2D eigenvalue weighted by Gasteiger charge is -2.43. The number of fused-ring (bicyclic) bond motifs is 2. The van der Waals surface area contributed by atoms with Crippen LogP contribution in [0.5, 0.6) is 0 Å². The molecule has 4 atom stereocenters. The van der Waals surface area contributed by atoms with Crippen molar-refractivity contribution in [2.24, 2.45) is 5.92 Å². The Kier molecular flexibility index (Phi) is 7.20. The Bertz CT molecular complexity index is 569. The lowest BCUT2D eigenvalue weighted by atomic mass is 9.76. The zero-order chi connectivity index (χ0) is 17.1. The van der Waals surface area contributed by atoms with Gasteiger partial charge in [-0.1, -0.05) is 12.1 Å². The molecule has 2 aliphatic heterocycles. The number of unbranched alkanes of at least 4 members (excludes halogenated alkanes) is 1. The summed E-state index contributed by atoms with van der Waals surface area (Å²) >= 11 is 0. The highest BCUT2D eigenvalue weighted by atomic mass is 35.5. The molecule has 140 valence electrons. The number of methoxy groups -OCH3 is 1. The second-order valence-corrected chi connectivity index (χ2v) is 6.88. The summed E-state index contributed by atoms with van der Waals surface area (Å²) in [7, 11) is 1.43. The molecule has 1 aromatic carbocycles. The monoisotopic (exact) mass is 373 g/mol. The first-order chi connectivity index (χ1) is 11.7. The van der Waals surface area contributed by atoms with Crippen LogP contribution in [0.15, 0.2) is 24.3 Å². The van der Waals surface area contributed by atoms with E-state index in [9.17, 15) is 13.6 Å². The number of esters is 1. The second-order valence-electron chi connectivity index (χ2n) is 6.88. The summed E-state index contributed by atoms with van der Waals surface area (Å²) in [6.45, 7) is 0.546. The topological polar surface area (TPSA) is 29.5 Å². The van der Waals surface area contributed by atoms with E-state index in [-0.39, 0.29) is 48.7 Å². The number of alkyl halides is 1. The summed E-state index contributed by atoms with van der Waals surface area (Å²) in [6, 6.07) is 7.05. The number of nitrogens with zero attached hydrogens (tertiary/aromatic N) is 1. The van der Waals surface area contributed by atoms with Crippen molar-refractivity contribution in [3.05, 3.63) is 35.6 Å². The first kappa shape index (κ1) is 20.1. The molecule has 1 aromatic rings. The van der Waals surface area contributed by atoms with Gasteiger partial charge in [0.2, 0.25) is 0 Å². The molecule has 3 nitrogen and oxygen atoms in total. The molecule has 0 aromatic heterocycles. The maximum atomic E-state index is 13.2. The third-order valence-electron chi connectivity index (χ3n) is 5.64. The van der Waals surface area contributed by atoms with Crippen LogP contribution >= 0.6 is 12.4 Å². The van der Waals surface area contributed by atoms with Gasteiger partial charge in [0, 0.05) is 18.0 Å². The lowest BCUT2D eigenvalue weighted by molar-refractivity contribution is -0.150. The van der Waals surface area contributed by atoms with Crippen molar-refractivity contribution in [2.75, 3.05) is 20.3 Å². The minimum atomic E-state index is -0.290. The van der Waals surface area contributed by atoms with Gasteiger partial charge in [-0.05, 0) is 56.3 Å². The fourth-order valence-electron chi connectivity index (χ4n) is 4.56. The molecule has 6 heteroatoms. The van der Waals surface area contributed by atoms with Crippen molar-refractivity contribution in [2.45, 2.75) is 50.1 Å². The van der Waals surface area contributed by atoms with Gasteiger partial charge in [-0.3, -0.25) is 14.1 Å². The van der Waals surface area contributed by atoms with Crippen molar-refractivity contribution in [1.29, 1.82) is 0 Å². The Morgan fingerprint density at radius 2 is 1.96 bits per heavy atom. The Hall–Kier alpha value is -1.20. The summed E-state index contributed by atoms with van der Waals surface area (Å²) in [6.07, 6.45) is 4.29. The average molecular weight is 374 g/mol. The van der Waals surface area contributed by atoms with E-state index in [4.69, 9.17) is 4.74 Å². The van der Waals surface area contributed by atoms with Crippen LogP contribution in [0.1, 0.15) is 43.6 Å². The van der Waals surface area contributed by atoms with E-state index >= 15 is 0 Å². The second kappa shape index (κ2) is 8.95. The summed E-state index contributed by atoms with van der Waals surface area (Å²) in [4.78, 5) is 14.9. The molecule has 0 spiro atoms. The van der Waals surface area contributed by atoms with E-state index in [1.807, 2.05) is 0 Å². The molecule has 0 N–H and O–H groups in total. The van der Waals surface area contributed by atoms with E-state index in [0.29, 0.717) is 12.5 Å². The van der Waals surface area contributed by atoms with Crippen LogP contribution in [0.3, 0.4) is 0 Å². The van der Waals surface area contributed by atoms with Crippen LogP contribution in [0.4, 0.5) is 8.78 Å². The highest BCUT2D eigenvalue weighted by Crippen LogP contribution is 2.47. The molecule has 0 aliphatic carbocycles. The van der Waals surface area contributed by atoms with Crippen molar-refractivity contribution in [3.8, 4) is 0 Å². The number of benzene rings is 1. The van der Waals surface area contributed by atoms with Gasteiger partial charge in [0.15, 0.2) is 0 Å². The first-order valence-corrected chi connectivity index (χ1v) is 8.80. The Labute approximate surface area is 154 Å². The quantitative estimate of drug-likeness (QED) is 0.555. The molecule has 2 heterocycles. The molecule has 0 radical (unpaired) electrons. The number of hydrogen-bond donors (Lipinski definition) is 0. The van der Waals surface area contributed by atoms with Gasteiger partial charge in [-0.25, -0.2) is 4.39 Å². The van der Waals surface area contributed by atoms with E-state index in [1.54, 1.807) is 12.1 Å². The van der Waals surface area contributed by atoms with Crippen LogP contribution in [-0.4, -0.2) is 43.3 Å². The summed E-state index contributed by atoms with van der Waals surface area (Å²) in [5, 5.41) is 0. The van der Waals surface area contributed by atoms with Crippen LogP contribution < -0.4 is 0 Å². The van der Waals surface area contributed by atoms with E-state index in [2.05, 4.69) is 4.90 Å². The van der Waals surface area contributed by atoms with E-state index in [1.165, 1.54) is 19.2 Å². The summed E-state index contributed by atoms with van der Waals surface area (Å²) in [5.41, 5.74) is 1.01. The molecule has 2 aliphatic rings. The van der Waals surface area contributed by atoms with Gasteiger partial charge < -0.3 is 4.74 Å². The minimum absolute atomic E-state index is 0. The van der Waals surface area contributed by atoms with E-state index < -0.39 is 0 Å². The number of hydrogen-bond acceptors (Lipinski definition) is 3. The molecule has 2 fully saturated rings. The fraction of sp³-hybridized carbons (Fsp3) is 0.632. The number of rotatable bonds is 6. The SMILES string of the molecule is COC(=O)[C@H]1[C@@H](c2ccc(F)cc2)C[C@@H]2CC[C@H]1N2CCCCF.Cl. The van der Waals surface area contributed by atoms with E-state index in [0.717, 1.165) is 37.8 Å². The van der Waals surface area contributed by atoms with Crippen molar-refractivity contribution < 1.29 is 18.3 Å². The smallest absolute Gasteiger partial charge is 0.310 e. The van der Waals surface area contributed by atoms with Crippen LogP contribution in [-0.2, 0) is 9.53 Å². The van der Waals surface area contributed by atoms with Crippen molar-refractivity contribution in [3.63, 3.8) is 0 Å². The standard InChI is InChI=1S/C19H25F2NO2.ClH/c1-24-19(23)18-16(13-4-6-14(21)7-5-13)12-15-8-9-17(18)22(15)11-3-2-10-20;/h4-7,15-18H,2-3,8-12H2,1H3;1H/t15-,16+,17+,18-;/m0./s1. The zero-order valence-electron chi connectivity index (χ0n) is 14.5. The van der Waals surface area contributed by atoms with Gasteiger partial charge >= 0.3 is 5.97 Å². The van der Waals surface area contributed by atoms with Crippen molar-refractivity contribution in [1.82, 2.24) is 4.90 Å². The third-order valence-corrected chi connectivity index (χ3v) is 5.64. The third kappa shape index (κ3) is 4.14. The molecular weight excluding hydrogens is 348 g/mol.